The predicted octanol–water partition coefficient (Wildman–Crippen LogP) is 0.231. The van der Waals surface area contributed by atoms with Crippen molar-refractivity contribution < 1.29 is 38.9 Å². The number of anilines is 1. The summed E-state index contributed by atoms with van der Waals surface area (Å²) in [4.78, 5) is 70.5. The van der Waals surface area contributed by atoms with Crippen LogP contribution in [0.4, 0.5) is 5.69 Å². The highest BCUT2D eigenvalue weighted by molar-refractivity contribution is 6.32. The normalized spacial score (nSPS) is 27.9. The van der Waals surface area contributed by atoms with Gasteiger partial charge in [-0.15, -0.1) is 0 Å². The third-order valence-corrected chi connectivity index (χ3v) is 9.38. The topological polar surface area (TPSA) is 180 Å². The fraction of sp³-hybridized carbons (Fsp3) is 0.469. The van der Waals surface area contributed by atoms with Crippen LogP contribution in [0.2, 0.25) is 0 Å². The van der Waals surface area contributed by atoms with Gasteiger partial charge in [0.05, 0.1) is 24.6 Å². The standard InChI is InChI=1S/C32H38N4O8/c1-35(2)21-12-17(14-34-13-15-7-6-8-18(9-15)44-5)26(37)23-19(21)10-16-11-20-25(36(3)4)28(39)24(31(33)42)30(41)32(20,43)29(40)22(16)27(23)38/h6-9,12,16,20,22,24-25,34,37,43H,10-11,13-14H2,1-5H3,(H2,33,42)/t16-,20-,22?,24?,25?,32-/m1/s1. The van der Waals surface area contributed by atoms with Crippen LogP contribution >= 0.6 is 0 Å². The molecule has 0 bridgehead atoms. The number of Topliss-reactive ketones (excluding diaryl/α,β-unsaturated/α-hetero) is 4. The molecule has 3 unspecified atom stereocenters. The largest absolute Gasteiger partial charge is 0.507 e. The van der Waals surface area contributed by atoms with Gasteiger partial charge in [-0.3, -0.25) is 28.9 Å². The number of benzene rings is 2. The average Bonchev–Trinajstić information content (AvgIpc) is 2.95. The number of aliphatic hydroxyl groups is 1. The van der Waals surface area contributed by atoms with Gasteiger partial charge in [-0.1, -0.05) is 12.1 Å². The highest BCUT2D eigenvalue weighted by Crippen LogP contribution is 2.52. The summed E-state index contributed by atoms with van der Waals surface area (Å²) in [6.45, 7) is 0.648. The molecule has 0 radical (unpaired) electrons. The summed E-state index contributed by atoms with van der Waals surface area (Å²) in [5.41, 5.74) is 5.23. The maximum Gasteiger partial charge on any atom is 0.235 e. The Kier molecular flexibility index (Phi) is 8.12. The van der Waals surface area contributed by atoms with Gasteiger partial charge in [0.25, 0.3) is 0 Å². The van der Waals surface area contributed by atoms with Gasteiger partial charge in [0.1, 0.15) is 11.5 Å². The van der Waals surface area contributed by atoms with Crippen LogP contribution in [0.25, 0.3) is 0 Å². The first-order chi connectivity index (χ1) is 20.7. The lowest BCUT2D eigenvalue weighted by molar-refractivity contribution is -0.181. The third-order valence-electron chi connectivity index (χ3n) is 9.38. The molecule has 0 saturated heterocycles. The van der Waals surface area contributed by atoms with E-state index in [0.717, 1.165) is 5.56 Å². The zero-order chi connectivity index (χ0) is 32.2. The summed E-state index contributed by atoms with van der Waals surface area (Å²) in [6.07, 6.45) is 0.200. The molecule has 0 heterocycles. The zero-order valence-electron chi connectivity index (χ0n) is 25.4. The van der Waals surface area contributed by atoms with E-state index in [4.69, 9.17) is 10.5 Å². The van der Waals surface area contributed by atoms with Crippen molar-refractivity contribution in [1.82, 2.24) is 10.2 Å². The Morgan fingerprint density at radius 2 is 1.80 bits per heavy atom. The summed E-state index contributed by atoms with van der Waals surface area (Å²) < 4.78 is 5.27. The number of phenols is 1. The molecule has 6 atom stereocenters. The number of nitrogens with one attached hydrogen (secondary N) is 1. The Balaban J connectivity index is 1.53. The second-order valence-corrected chi connectivity index (χ2v) is 12.4. The van der Waals surface area contributed by atoms with E-state index in [0.29, 0.717) is 29.1 Å². The molecule has 0 aliphatic heterocycles. The van der Waals surface area contributed by atoms with E-state index in [2.05, 4.69) is 5.32 Å². The molecule has 2 saturated carbocycles. The van der Waals surface area contributed by atoms with Crippen molar-refractivity contribution in [3.63, 3.8) is 0 Å². The van der Waals surface area contributed by atoms with Gasteiger partial charge in [0.2, 0.25) is 5.91 Å². The van der Waals surface area contributed by atoms with Crippen LogP contribution < -0.4 is 20.7 Å². The number of primary amides is 1. The summed E-state index contributed by atoms with van der Waals surface area (Å²) in [5, 5.41) is 26.5. The van der Waals surface area contributed by atoms with Crippen molar-refractivity contribution in [2.45, 2.75) is 37.6 Å². The van der Waals surface area contributed by atoms with Gasteiger partial charge in [-0.05, 0) is 62.2 Å². The number of fused-ring (bicyclic) bond motifs is 3. The Bertz CT molecular complexity index is 1570. The number of nitrogens with two attached hydrogens (primary N) is 1. The minimum Gasteiger partial charge on any atom is -0.507 e. The molecule has 3 aliphatic carbocycles. The smallest absolute Gasteiger partial charge is 0.235 e. The van der Waals surface area contributed by atoms with Gasteiger partial charge in [-0.25, -0.2) is 0 Å². The van der Waals surface area contributed by atoms with E-state index >= 15 is 0 Å². The molecule has 234 valence electrons. The van der Waals surface area contributed by atoms with E-state index in [1.807, 2.05) is 43.3 Å². The minimum absolute atomic E-state index is 0.00136. The van der Waals surface area contributed by atoms with Crippen LogP contribution in [0.1, 0.15) is 33.5 Å². The number of ketones is 4. The molecule has 44 heavy (non-hydrogen) atoms. The third kappa shape index (κ3) is 4.77. The second kappa shape index (κ2) is 11.4. The highest BCUT2D eigenvalue weighted by Gasteiger charge is 2.69. The van der Waals surface area contributed by atoms with Crippen molar-refractivity contribution >= 4 is 34.7 Å². The van der Waals surface area contributed by atoms with E-state index in [1.165, 1.54) is 4.90 Å². The number of rotatable bonds is 8. The molecule has 5 rings (SSSR count). The maximum atomic E-state index is 14.2. The lowest BCUT2D eigenvalue weighted by Gasteiger charge is -2.52. The Labute approximate surface area is 255 Å². The number of carbonyl (C=O) groups excluding carboxylic acids is 5. The molecule has 12 heteroatoms. The number of aromatic hydroxyl groups is 1. The van der Waals surface area contributed by atoms with Crippen LogP contribution in [-0.2, 0) is 38.7 Å². The fourth-order valence-corrected chi connectivity index (χ4v) is 7.36. The van der Waals surface area contributed by atoms with E-state index in [9.17, 15) is 34.2 Å². The highest BCUT2D eigenvalue weighted by atomic mass is 16.5. The quantitative estimate of drug-likeness (QED) is 0.302. The number of carbonyl (C=O) groups is 5. The lowest BCUT2D eigenvalue weighted by atomic mass is 9.52. The molecule has 5 N–H and O–H groups in total. The van der Waals surface area contributed by atoms with E-state index in [-0.39, 0.29) is 30.7 Å². The number of hydrogen-bond acceptors (Lipinski definition) is 11. The van der Waals surface area contributed by atoms with E-state index in [1.54, 1.807) is 27.3 Å². The Morgan fingerprint density at radius 3 is 2.41 bits per heavy atom. The number of likely N-dealkylation sites (N-methyl/N-ethyl adjacent to an activating group) is 1. The number of nitrogens with zero attached hydrogens (tertiary/aromatic N) is 2. The first kappa shape index (κ1) is 31.3. The first-order valence-corrected chi connectivity index (χ1v) is 14.5. The molecular formula is C32H38N4O8. The SMILES string of the molecule is COc1cccc(CNCc2cc(N(C)C)c3c(c2O)C(=O)C2C(=O)[C@@]4(O)C(=O)C(C(N)=O)C(=O)C(N(C)C)[C@H]4C[C@H]2C3)c1. The summed E-state index contributed by atoms with van der Waals surface area (Å²) in [7, 11) is 8.32. The molecule has 0 spiro atoms. The van der Waals surface area contributed by atoms with Gasteiger partial charge in [0.15, 0.2) is 34.7 Å². The Hall–Kier alpha value is -4.13. The fourth-order valence-electron chi connectivity index (χ4n) is 7.36. The van der Waals surface area contributed by atoms with Crippen LogP contribution in [-0.4, -0.2) is 91.1 Å². The predicted molar refractivity (Wildman–Crippen MR) is 159 cm³/mol. The number of ether oxygens (including phenoxy) is 1. The molecule has 3 aliphatic rings. The summed E-state index contributed by atoms with van der Waals surface area (Å²) in [6, 6.07) is 8.16. The number of phenolic OH excluding ortho intramolecular Hbond substituents is 1. The van der Waals surface area contributed by atoms with Crippen LogP contribution in [0.5, 0.6) is 11.5 Å². The van der Waals surface area contributed by atoms with Crippen molar-refractivity contribution in [2.75, 3.05) is 40.2 Å². The van der Waals surface area contributed by atoms with Crippen LogP contribution in [0.3, 0.4) is 0 Å². The molecule has 1 amide bonds. The number of hydrogen-bond donors (Lipinski definition) is 4. The lowest BCUT2D eigenvalue weighted by Crippen LogP contribution is -2.74. The van der Waals surface area contributed by atoms with Crippen molar-refractivity contribution in [1.29, 1.82) is 0 Å². The average molecular weight is 607 g/mol. The van der Waals surface area contributed by atoms with Crippen molar-refractivity contribution in [3.05, 3.63) is 52.6 Å². The summed E-state index contributed by atoms with van der Waals surface area (Å²) in [5.74, 6) is -9.91. The molecule has 2 aromatic carbocycles. The Morgan fingerprint density at radius 1 is 1.09 bits per heavy atom. The van der Waals surface area contributed by atoms with Crippen molar-refractivity contribution in [2.24, 2.45) is 29.4 Å². The molecule has 2 aromatic rings. The second-order valence-electron chi connectivity index (χ2n) is 12.4. The van der Waals surface area contributed by atoms with Crippen molar-refractivity contribution in [3.8, 4) is 11.5 Å². The maximum absolute atomic E-state index is 14.2. The van der Waals surface area contributed by atoms with Crippen LogP contribution in [0.15, 0.2) is 30.3 Å². The molecule has 12 nitrogen and oxygen atoms in total. The molecule has 2 fully saturated rings. The van der Waals surface area contributed by atoms with Gasteiger partial charge in [-0.2, -0.15) is 0 Å². The first-order valence-electron chi connectivity index (χ1n) is 14.5. The summed E-state index contributed by atoms with van der Waals surface area (Å²) >= 11 is 0. The molecule has 0 aromatic heterocycles. The number of methoxy groups -OCH3 is 1. The number of amides is 1. The zero-order valence-corrected chi connectivity index (χ0v) is 25.4. The van der Waals surface area contributed by atoms with Gasteiger partial charge in [0, 0.05) is 44.4 Å². The van der Waals surface area contributed by atoms with E-state index < -0.39 is 64.4 Å². The monoisotopic (exact) mass is 606 g/mol. The van der Waals surface area contributed by atoms with Gasteiger partial charge >= 0.3 is 0 Å². The van der Waals surface area contributed by atoms with Crippen LogP contribution in [0, 0.1) is 23.7 Å². The van der Waals surface area contributed by atoms with Gasteiger partial charge < -0.3 is 30.9 Å². The minimum atomic E-state index is -2.76. The molecular weight excluding hydrogens is 568 g/mol.